The molecular formula is C22H18ClFN2O3. The summed E-state index contributed by atoms with van der Waals surface area (Å²) in [6, 6.07) is 18.7. The van der Waals surface area contributed by atoms with Gasteiger partial charge in [0.05, 0.1) is 0 Å². The largest absolute Gasteiger partial charge is 0.481 e. The van der Waals surface area contributed by atoms with E-state index in [4.69, 9.17) is 16.3 Å². The maximum atomic E-state index is 12.9. The van der Waals surface area contributed by atoms with E-state index in [1.807, 2.05) is 0 Å². The molecule has 0 fully saturated rings. The van der Waals surface area contributed by atoms with E-state index in [0.29, 0.717) is 27.7 Å². The molecule has 2 amide bonds. The quantitative estimate of drug-likeness (QED) is 0.589. The van der Waals surface area contributed by atoms with Crippen LogP contribution in [0.5, 0.6) is 5.75 Å². The van der Waals surface area contributed by atoms with Crippen molar-refractivity contribution in [1.29, 1.82) is 0 Å². The number of carbonyl (C=O) groups excluding carboxylic acids is 2. The highest BCUT2D eigenvalue weighted by molar-refractivity contribution is 6.30. The third-order valence-electron chi connectivity index (χ3n) is 3.99. The van der Waals surface area contributed by atoms with Gasteiger partial charge in [-0.1, -0.05) is 17.7 Å². The fraction of sp³-hybridized carbons (Fsp3) is 0.0909. The van der Waals surface area contributed by atoms with Gasteiger partial charge in [0.1, 0.15) is 11.6 Å². The van der Waals surface area contributed by atoms with Crippen molar-refractivity contribution < 1.29 is 18.7 Å². The highest BCUT2D eigenvalue weighted by Gasteiger charge is 2.15. The third-order valence-corrected chi connectivity index (χ3v) is 4.23. The van der Waals surface area contributed by atoms with Crippen LogP contribution < -0.4 is 15.4 Å². The minimum atomic E-state index is -0.741. The summed E-state index contributed by atoms with van der Waals surface area (Å²) >= 11 is 5.91. The molecule has 3 aromatic carbocycles. The second-order valence-corrected chi connectivity index (χ2v) is 6.68. The summed E-state index contributed by atoms with van der Waals surface area (Å²) in [6.45, 7) is 1.63. The predicted octanol–water partition coefficient (Wildman–Crippen LogP) is 5.14. The van der Waals surface area contributed by atoms with Crippen LogP contribution in [0.3, 0.4) is 0 Å². The lowest BCUT2D eigenvalue weighted by atomic mass is 10.2. The highest BCUT2D eigenvalue weighted by atomic mass is 35.5. The van der Waals surface area contributed by atoms with Crippen molar-refractivity contribution in [2.45, 2.75) is 13.0 Å². The van der Waals surface area contributed by atoms with Crippen molar-refractivity contribution in [3.05, 3.63) is 89.2 Å². The monoisotopic (exact) mass is 412 g/mol. The zero-order valence-corrected chi connectivity index (χ0v) is 16.2. The van der Waals surface area contributed by atoms with E-state index in [1.165, 1.54) is 24.3 Å². The predicted molar refractivity (Wildman–Crippen MR) is 111 cm³/mol. The number of amides is 2. The second kappa shape index (κ2) is 9.21. The van der Waals surface area contributed by atoms with Crippen molar-refractivity contribution in [2.24, 2.45) is 0 Å². The fourth-order valence-electron chi connectivity index (χ4n) is 2.48. The number of nitrogens with one attached hydrogen (secondary N) is 2. The maximum absolute atomic E-state index is 12.9. The molecule has 1 atom stereocenters. The molecule has 2 N–H and O–H groups in total. The van der Waals surface area contributed by atoms with Crippen molar-refractivity contribution >= 4 is 34.8 Å². The number of ether oxygens (including phenoxy) is 1. The van der Waals surface area contributed by atoms with Crippen LogP contribution in [0.2, 0.25) is 5.02 Å². The normalized spacial score (nSPS) is 11.4. The standard InChI is InChI=1S/C22H18ClFN2O3/c1-14(29-20-4-2-3-16(23)13-20)21(27)25-18-9-5-15(6-10-18)22(28)26-19-11-7-17(24)8-12-19/h2-14H,1H3,(H,25,27)(H,26,28). The molecule has 0 saturated carbocycles. The number of anilines is 2. The smallest absolute Gasteiger partial charge is 0.265 e. The van der Waals surface area contributed by atoms with Crippen LogP contribution in [-0.4, -0.2) is 17.9 Å². The van der Waals surface area contributed by atoms with Crippen LogP contribution in [0.25, 0.3) is 0 Å². The molecule has 0 aromatic heterocycles. The van der Waals surface area contributed by atoms with Crippen LogP contribution in [0.4, 0.5) is 15.8 Å². The molecule has 0 aliphatic rings. The average Bonchev–Trinajstić information content (AvgIpc) is 2.70. The SMILES string of the molecule is CC(Oc1cccc(Cl)c1)C(=O)Nc1ccc(C(=O)Nc2ccc(F)cc2)cc1. The van der Waals surface area contributed by atoms with Gasteiger partial charge in [-0.3, -0.25) is 9.59 Å². The Bertz CT molecular complexity index is 1010. The van der Waals surface area contributed by atoms with Gasteiger partial charge in [-0.15, -0.1) is 0 Å². The summed E-state index contributed by atoms with van der Waals surface area (Å²) in [6.07, 6.45) is -0.741. The van der Waals surface area contributed by atoms with Gasteiger partial charge >= 0.3 is 0 Å². The van der Waals surface area contributed by atoms with Crippen molar-refractivity contribution in [1.82, 2.24) is 0 Å². The Morgan fingerprint density at radius 1 is 0.931 bits per heavy atom. The van der Waals surface area contributed by atoms with Gasteiger partial charge in [-0.25, -0.2) is 4.39 Å². The first kappa shape index (κ1) is 20.4. The van der Waals surface area contributed by atoms with Gasteiger partial charge in [-0.05, 0) is 73.7 Å². The Kier molecular flexibility index (Phi) is 6.46. The molecule has 3 aromatic rings. The summed E-state index contributed by atoms with van der Waals surface area (Å²) < 4.78 is 18.5. The van der Waals surface area contributed by atoms with Gasteiger partial charge in [0.2, 0.25) is 0 Å². The molecule has 29 heavy (non-hydrogen) atoms. The molecule has 5 nitrogen and oxygen atoms in total. The zero-order chi connectivity index (χ0) is 20.8. The first-order valence-electron chi connectivity index (χ1n) is 8.81. The summed E-state index contributed by atoms with van der Waals surface area (Å²) in [5, 5.41) is 5.92. The Hall–Kier alpha value is -3.38. The summed E-state index contributed by atoms with van der Waals surface area (Å²) in [4.78, 5) is 24.6. The summed E-state index contributed by atoms with van der Waals surface area (Å²) in [7, 11) is 0. The molecule has 0 aliphatic heterocycles. The fourth-order valence-corrected chi connectivity index (χ4v) is 2.66. The Morgan fingerprint density at radius 3 is 2.21 bits per heavy atom. The van der Waals surface area contributed by atoms with E-state index in [0.717, 1.165) is 0 Å². The van der Waals surface area contributed by atoms with Crippen molar-refractivity contribution in [2.75, 3.05) is 10.6 Å². The number of rotatable bonds is 6. The van der Waals surface area contributed by atoms with E-state index in [2.05, 4.69) is 10.6 Å². The number of hydrogen-bond acceptors (Lipinski definition) is 3. The topological polar surface area (TPSA) is 67.4 Å². The van der Waals surface area contributed by atoms with E-state index in [9.17, 15) is 14.0 Å². The molecule has 0 heterocycles. The molecule has 0 spiro atoms. The van der Waals surface area contributed by atoms with E-state index in [-0.39, 0.29) is 17.6 Å². The van der Waals surface area contributed by atoms with Gasteiger partial charge in [0.15, 0.2) is 6.10 Å². The highest BCUT2D eigenvalue weighted by Crippen LogP contribution is 2.19. The molecule has 0 aliphatic carbocycles. The van der Waals surface area contributed by atoms with Crippen molar-refractivity contribution in [3.63, 3.8) is 0 Å². The lowest BCUT2D eigenvalue weighted by molar-refractivity contribution is -0.122. The Morgan fingerprint density at radius 2 is 1.55 bits per heavy atom. The number of hydrogen-bond donors (Lipinski definition) is 2. The lowest BCUT2D eigenvalue weighted by Crippen LogP contribution is -2.30. The van der Waals surface area contributed by atoms with E-state index in [1.54, 1.807) is 55.5 Å². The molecule has 0 saturated heterocycles. The molecule has 148 valence electrons. The Balaban J connectivity index is 1.57. The molecule has 3 rings (SSSR count). The van der Waals surface area contributed by atoms with Crippen LogP contribution in [0.15, 0.2) is 72.8 Å². The molecular weight excluding hydrogens is 395 g/mol. The molecule has 0 radical (unpaired) electrons. The lowest BCUT2D eigenvalue weighted by Gasteiger charge is -2.15. The van der Waals surface area contributed by atoms with Crippen LogP contribution in [-0.2, 0) is 4.79 Å². The minimum Gasteiger partial charge on any atom is -0.481 e. The first-order chi connectivity index (χ1) is 13.9. The van der Waals surface area contributed by atoms with Crippen LogP contribution in [0, 0.1) is 5.82 Å². The number of benzene rings is 3. The van der Waals surface area contributed by atoms with Gasteiger partial charge < -0.3 is 15.4 Å². The van der Waals surface area contributed by atoms with Gasteiger partial charge in [0.25, 0.3) is 11.8 Å². The molecule has 7 heteroatoms. The van der Waals surface area contributed by atoms with Gasteiger partial charge in [0, 0.05) is 22.0 Å². The maximum Gasteiger partial charge on any atom is 0.265 e. The molecule has 0 bridgehead atoms. The number of halogens is 2. The third kappa shape index (κ3) is 5.80. The van der Waals surface area contributed by atoms with E-state index < -0.39 is 6.10 Å². The van der Waals surface area contributed by atoms with Gasteiger partial charge in [-0.2, -0.15) is 0 Å². The van der Waals surface area contributed by atoms with Crippen LogP contribution in [0.1, 0.15) is 17.3 Å². The average molecular weight is 413 g/mol. The minimum absolute atomic E-state index is 0.339. The van der Waals surface area contributed by atoms with Crippen LogP contribution >= 0.6 is 11.6 Å². The zero-order valence-electron chi connectivity index (χ0n) is 15.5. The number of carbonyl (C=O) groups is 2. The van der Waals surface area contributed by atoms with Crippen molar-refractivity contribution in [3.8, 4) is 5.75 Å². The van der Waals surface area contributed by atoms with E-state index >= 15 is 0 Å². The molecule has 1 unspecified atom stereocenters. The second-order valence-electron chi connectivity index (χ2n) is 6.25. The Labute approximate surface area is 172 Å². The summed E-state index contributed by atoms with van der Waals surface area (Å²) in [5.74, 6) is -0.565. The summed E-state index contributed by atoms with van der Waals surface area (Å²) in [5.41, 5.74) is 1.41. The first-order valence-corrected chi connectivity index (χ1v) is 9.18.